The van der Waals surface area contributed by atoms with Gasteiger partial charge < -0.3 is 0 Å². The lowest BCUT2D eigenvalue weighted by Crippen LogP contribution is -1.96. The first kappa shape index (κ1) is 18.6. The predicted molar refractivity (Wildman–Crippen MR) is 90.9 cm³/mol. The molecule has 122 valence electrons. The average molecular weight is 306 g/mol. The molecule has 1 aromatic rings. The molecule has 0 saturated heterocycles. The fourth-order valence-electron chi connectivity index (χ4n) is 2.33. The Balaban J connectivity index is 2.57. The molecule has 0 aliphatic carbocycles. The number of rotatable bonds is 8. The fourth-order valence-corrected chi connectivity index (χ4v) is 2.33. The number of hydrogen-bond donors (Lipinski definition) is 0. The van der Waals surface area contributed by atoms with Crippen molar-refractivity contribution in [2.75, 3.05) is 0 Å². The van der Waals surface area contributed by atoms with Crippen molar-refractivity contribution in [2.45, 2.75) is 59.8 Å². The molecule has 0 spiro atoms. The second-order valence-electron chi connectivity index (χ2n) is 6.18. The van der Waals surface area contributed by atoms with Crippen molar-refractivity contribution >= 4 is 0 Å². The number of hydrogen-bond acceptors (Lipinski definition) is 0. The molecular formula is C20H28F2. The van der Waals surface area contributed by atoms with Crippen molar-refractivity contribution in [3.8, 4) is 0 Å². The van der Waals surface area contributed by atoms with Gasteiger partial charge in [-0.1, -0.05) is 62.1 Å². The molecule has 0 aromatic heterocycles. The van der Waals surface area contributed by atoms with Crippen LogP contribution in [-0.4, -0.2) is 0 Å². The Hall–Kier alpha value is -1.44. The van der Waals surface area contributed by atoms with Crippen LogP contribution in [0.5, 0.6) is 0 Å². The summed E-state index contributed by atoms with van der Waals surface area (Å²) in [4.78, 5) is 0. The Bertz CT molecular complexity index is 527. The third kappa shape index (κ3) is 6.13. The molecule has 0 amide bonds. The van der Waals surface area contributed by atoms with E-state index in [1.807, 2.05) is 6.92 Å². The highest BCUT2D eigenvalue weighted by molar-refractivity contribution is 5.22. The summed E-state index contributed by atoms with van der Waals surface area (Å²) in [5, 5.41) is 0. The maximum Gasteiger partial charge on any atom is 0.162 e. The van der Waals surface area contributed by atoms with Gasteiger partial charge >= 0.3 is 0 Å². The van der Waals surface area contributed by atoms with Gasteiger partial charge in [-0.3, -0.25) is 0 Å². The number of unbranched alkanes of at least 4 members (excludes halogenated alkanes) is 1. The first-order chi connectivity index (χ1) is 10.5. The minimum atomic E-state index is -0.764. The zero-order valence-corrected chi connectivity index (χ0v) is 14.3. The van der Waals surface area contributed by atoms with Crippen molar-refractivity contribution in [1.82, 2.24) is 0 Å². The van der Waals surface area contributed by atoms with E-state index < -0.39 is 11.6 Å². The van der Waals surface area contributed by atoms with Crippen LogP contribution in [0, 0.1) is 17.6 Å². The van der Waals surface area contributed by atoms with Crippen LogP contribution in [0.2, 0.25) is 0 Å². The molecule has 0 bridgehead atoms. The molecule has 1 aromatic carbocycles. The molecule has 0 aliphatic heterocycles. The standard InChI is InChI=1S/C20H28F2/c1-5-6-8-16(3)17(4)13-11-15(2)12-14-18-9-7-10-19(21)20(18)22/h7,9-11,13,16H,5-6,8,12,14H2,1-4H3/b15-11+,17-13+. The zero-order valence-electron chi connectivity index (χ0n) is 14.3. The van der Waals surface area contributed by atoms with Gasteiger partial charge in [-0.25, -0.2) is 8.78 Å². The summed E-state index contributed by atoms with van der Waals surface area (Å²) in [6.07, 6.45) is 9.25. The monoisotopic (exact) mass is 306 g/mol. The molecule has 1 atom stereocenters. The Morgan fingerprint density at radius 2 is 1.91 bits per heavy atom. The second-order valence-corrected chi connectivity index (χ2v) is 6.18. The predicted octanol–water partition coefficient (Wildman–Crippen LogP) is 6.62. The first-order valence-electron chi connectivity index (χ1n) is 8.22. The summed E-state index contributed by atoms with van der Waals surface area (Å²) in [5.74, 6) is -0.875. The molecule has 0 radical (unpaired) electrons. The lowest BCUT2D eigenvalue weighted by atomic mass is 9.95. The van der Waals surface area contributed by atoms with Crippen molar-refractivity contribution in [3.63, 3.8) is 0 Å². The molecule has 0 nitrogen and oxygen atoms in total. The van der Waals surface area contributed by atoms with Gasteiger partial charge in [0.05, 0.1) is 0 Å². The minimum Gasteiger partial charge on any atom is -0.204 e. The van der Waals surface area contributed by atoms with Crippen LogP contribution in [0.15, 0.2) is 41.5 Å². The van der Waals surface area contributed by atoms with Gasteiger partial charge in [0.2, 0.25) is 0 Å². The quantitative estimate of drug-likeness (QED) is 0.474. The maximum atomic E-state index is 13.6. The van der Waals surface area contributed by atoms with Crippen molar-refractivity contribution in [3.05, 3.63) is 58.7 Å². The topological polar surface area (TPSA) is 0 Å². The summed E-state index contributed by atoms with van der Waals surface area (Å²) < 4.78 is 26.7. The van der Waals surface area contributed by atoms with Crippen molar-refractivity contribution < 1.29 is 8.78 Å². The van der Waals surface area contributed by atoms with Crippen LogP contribution in [0.3, 0.4) is 0 Å². The van der Waals surface area contributed by atoms with Crippen LogP contribution in [0.1, 0.15) is 58.9 Å². The van der Waals surface area contributed by atoms with Crippen LogP contribution in [0.25, 0.3) is 0 Å². The van der Waals surface area contributed by atoms with E-state index in [4.69, 9.17) is 0 Å². The first-order valence-corrected chi connectivity index (χ1v) is 8.22. The summed E-state index contributed by atoms with van der Waals surface area (Å²) in [5.41, 5.74) is 3.01. The highest BCUT2D eigenvalue weighted by atomic mass is 19.2. The molecule has 1 unspecified atom stereocenters. The number of aryl methyl sites for hydroxylation is 1. The van der Waals surface area contributed by atoms with Gasteiger partial charge in [-0.05, 0) is 50.7 Å². The zero-order chi connectivity index (χ0) is 16.5. The number of halogens is 2. The molecule has 0 saturated carbocycles. The van der Waals surface area contributed by atoms with E-state index in [2.05, 4.69) is 32.9 Å². The Morgan fingerprint density at radius 3 is 2.59 bits per heavy atom. The van der Waals surface area contributed by atoms with Gasteiger partial charge in [-0.2, -0.15) is 0 Å². The van der Waals surface area contributed by atoms with E-state index in [9.17, 15) is 8.78 Å². The van der Waals surface area contributed by atoms with Crippen LogP contribution >= 0.6 is 0 Å². The Labute approximate surface area is 133 Å². The molecule has 0 N–H and O–H groups in total. The lowest BCUT2D eigenvalue weighted by molar-refractivity contribution is 0.498. The van der Waals surface area contributed by atoms with Gasteiger partial charge in [0.1, 0.15) is 0 Å². The highest BCUT2D eigenvalue weighted by Gasteiger charge is 2.07. The van der Waals surface area contributed by atoms with E-state index in [1.54, 1.807) is 12.1 Å². The summed E-state index contributed by atoms with van der Waals surface area (Å²) in [6, 6.07) is 4.37. The summed E-state index contributed by atoms with van der Waals surface area (Å²) in [6.45, 7) is 8.67. The van der Waals surface area contributed by atoms with Crippen molar-refractivity contribution in [1.29, 1.82) is 0 Å². The van der Waals surface area contributed by atoms with Crippen LogP contribution in [0.4, 0.5) is 8.78 Å². The highest BCUT2D eigenvalue weighted by Crippen LogP contribution is 2.19. The fraction of sp³-hybridized carbons (Fsp3) is 0.500. The van der Waals surface area contributed by atoms with E-state index in [1.165, 1.54) is 30.4 Å². The lowest BCUT2D eigenvalue weighted by Gasteiger charge is -2.11. The van der Waals surface area contributed by atoms with Crippen LogP contribution in [-0.2, 0) is 6.42 Å². The summed E-state index contributed by atoms with van der Waals surface area (Å²) >= 11 is 0. The summed E-state index contributed by atoms with van der Waals surface area (Å²) in [7, 11) is 0. The van der Waals surface area contributed by atoms with Crippen LogP contribution < -0.4 is 0 Å². The molecule has 0 heterocycles. The smallest absolute Gasteiger partial charge is 0.162 e. The molecule has 0 aliphatic rings. The van der Waals surface area contributed by atoms with Crippen molar-refractivity contribution in [2.24, 2.45) is 5.92 Å². The normalized spacial score (nSPS) is 14.3. The molecular weight excluding hydrogens is 278 g/mol. The van der Waals surface area contributed by atoms with E-state index in [0.29, 0.717) is 17.9 Å². The van der Waals surface area contributed by atoms with Gasteiger partial charge in [-0.15, -0.1) is 0 Å². The van der Waals surface area contributed by atoms with Gasteiger partial charge in [0, 0.05) is 0 Å². The Morgan fingerprint density at radius 1 is 1.18 bits per heavy atom. The van der Waals surface area contributed by atoms with E-state index >= 15 is 0 Å². The molecule has 1 rings (SSSR count). The number of benzene rings is 1. The largest absolute Gasteiger partial charge is 0.204 e. The molecule has 0 fully saturated rings. The molecule has 2 heteroatoms. The van der Waals surface area contributed by atoms with Gasteiger partial charge in [0.15, 0.2) is 11.6 Å². The SMILES string of the molecule is CCCCC(C)/C(C)=C/C=C(\C)CCc1cccc(F)c1F. The molecule has 22 heavy (non-hydrogen) atoms. The second kappa shape index (κ2) is 9.55. The van der Waals surface area contributed by atoms with E-state index in [-0.39, 0.29) is 0 Å². The third-order valence-electron chi connectivity index (χ3n) is 4.22. The number of allylic oxidation sites excluding steroid dienone is 4. The minimum absolute atomic E-state index is 0.449. The maximum absolute atomic E-state index is 13.6. The van der Waals surface area contributed by atoms with E-state index in [0.717, 1.165) is 12.5 Å². The third-order valence-corrected chi connectivity index (χ3v) is 4.22. The Kier molecular flexibility index (Phi) is 8.08. The van der Waals surface area contributed by atoms with Gasteiger partial charge in [0.25, 0.3) is 0 Å². The average Bonchev–Trinajstić information content (AvgIpc) is 2.51.